The van der Waals surface area contributed by atoms with Crippen LogP contribution < -0.4 is 5.32 Å². The molecule has 1 aliphatic heterocycles. The van der Waals surface area contributed by atoms with Crippen LogP contribution in [0.15, 0.2) is 53.1 Å². The van der Waals surface area contributed by atoms with E-state index >= 15 is 0 Å². The van der Waals surface area contributed by atoms with Crippen molar-refractivity contribution in [1.29, 1.82) is 0 Å². The van der Waals surface area contributed by atoms with E-state index in [4.69, 9.17) is 18.7 Å². The molecular formula is C21H22N2O5. The minimum atomic E-state index is -0.450. The number of hydrogen-bond acceptors (Lipinski definition) is 6. The predicted molar refractivity (Wildman–Crippen MR) is 102 cm³/mol. The van der Waals surface area contributed by atoms with Crippen LogP contribution in [0.3, 0.4) is 0 Å². The second-order valence-electron chi connectivity index (χ2n) is 6.61. The first kappa shape index (κ1) is 18.6. The van der Waals surface area contributed by atoms with Gasteiger partial charge in [0.25, 0.3) is 5.91 Å². The first-order chi connectivity index (χ1) is 13.7. The molecule has 0 spiro atoms. The van der Waals surface area contributed by atoms with E-state index in [2.05, 4.69) is 16.5 Å². The summed E-state index contributed by atoms with van der Waals surface area (Å²) in [5.74, 6) is 0.151. The number of amides is 1. The monoisotopic (exact) mass is 382 g/mol. The fourth-order valence-corrected chi connectivity index (χ4v) is 3.26. The molecule has 0 aliphatic carbocycles. The summed E-state index contributed by atoms with van der Waals surface area (Å²) in [5, 5.41) is 8.94. The third-order valence-electron chi connectivity index (χ3n) is 4.71. The number of fused-ring (bicyclic) bond motifs is 1. The Bertz CT molecular complexity index is 949. The van der Waals surface area contributed by atoms with Crippen molar-refractivity contribution >= 4 is 16.7 Å². The van der Waals surface area contributed by atoms with E-state index in [9.17, 15) is 4.79 Å². The Kier molecular flexibility index (Phi) is 5.66. The van der Waals surface area contributed by atoms with Crippen molar-refractivity contribution in [2.75, 3.05) is 33.5 Å². The van der Waals surface area contributed by atoms with Gasteiger partial charge in [0.15, 0.2) is 11.5 Å². The molecular weight excluding hydrogens is 360 g/mol. The number of carbonyl (C=O) groups is 1. The van der Waals surface area contributed by atoms with Crippen molar-refractivity contribution in [2.24, 2.45) is 0 Å². The van der Waals surface area contributed by atoms with Crippen LogP contribution in [0.2, 0.25) is 0 Å². The lowest BCUT2D eigenvalue weighted by Gasteiger charge is -2.22. The van der Waals surface area contributed by atoms with Gasteiger partial charge in [0.2, 0.25) is 0 Å². The number of hydrogen-bond donors (Lipinski definition) is 1. The van der Waals surface area contributed by atoms with Crippen molar-refractivity contribution in [3.8, 4) is 0 Å². The lowest BCUT2D eigenvalue weighted by Crippen LogP contribution is -2.39. The first-order valence-electron chi connectivity index (χ1n) is 9.20. The van der Waals surface area contributed by atoms with Gasteiger partial charge in [-0.2, -0.15) is 0 Å². The van der Waals surface area contributed by atoms with Crippen LogP contribution in [0, 0.1) is 0 Å². The molecule has 2 heterocycles. The third kappa shape index (κ3) is 4.06. The minimum Gasteiger partial charge on any atom is -0.376 e. The van der Waals surface area contributed by atoms with Gasteiger partial charge in [-0.15, -0.1) is 0 Å². The van der Waals surface area contributed by atoms with Crippen molar-refractivity contribution in [2.45, 2.75) is 12.2 Å². The van der Waals surface area contributed by atoms with Gasteiger partial charge >= 0.3 is 0 Å². The lowest BCUT2D eigenvalue weighted by molar-refractivity contribution is -0.0855. The van der Waals surface area contributed by atoms with Gasteiger partial charge in [-0.3, -0.25) is 4.79 Å². The smallest absolute Gasteiger partial charge is 0.273 e. The van der Waals surface area contributed by atoms with Crippen molar-refractivity contribution in [1.82, 2.24) is 10.5 Å². The zero-order valence-corrected chi connectivity index (χ0v) is 15.6. The Morgan fingerprint density at radius 1 is 1.21 bits per heavy atom. The van der Waals surface area contributed by atoms with Crippen molar-refractivity contribution in [3.63, 3.8) is 0 Å². The molecule has 1 amide bonds. The van der Waals surface area contributed by atoms with E-state index in [1.807, 2.05) is 36.4 Å². The largest absolute Gasteiger partial charge is 0.376 e. The molecule has 1 saturated heterocycles. The van der Waals surface area contributed by atoms with E-state index in [0.717, 1.165) is 16.3 Å². The molecule has 2 unspecified atom stereocenters. The summed E-state index contributed by atoms with van der Waals surface area (Å²) in [4.78, 5) is 12.4. The summed E-state index contributed by atoms with van der Waals surface area (Å²) >= 11 is 0. The van der Waals surface area contributed by atoms with Gasteiger partial charge in [-0.05, 0) is 22.4 Å². The van der Waals surface area contributed by atoms with Gasteiger partial charge in [-0.1, -0.05) is 41.6 Å². The Morgan fingerprint density at radius 3 is 2.86 bits per heavy atom. The Labute approximate surface area is 162 Å². The molecule has 7 nitrogen and oxygen atoms in total. The number of carbonyl (C=O) groups excluding carboxylic acids is 1. The normalized spacial score (nSPS) is 18.1. The Hall–Kier alpha value is -2.74. The van der Waals surface area contributed by atoms with Crippen molar-refractivity contribution in [3.05, 3.63) is 65.5 Å². The molecule has 3 aromatic rings. The molecule has 146 valence electrons. The zero-order valence-electron chi connectivity index (χ0n) is 15.6. The van der Waals surface area contributed by atoms with E-state index in [-0.39, 0.29) is 17.7 Å². The highest BCUT2D eigenvalue weighted by atomic mass is 16.6. The maximum Gasteiger partial charge on any atom is 0.273 e. The summed E-state index contributed by atoms with van der Waals surface area (Å²) in [7, 11) is 1.60. The number of nitrogens with one attached hydrogen (secondary N) is 1. The van der Waals surface area contributed by atoms with Gasteiger partial charge in [0, 0.05) is 19.7 Å². The van der Waals surface area contributed by atoms with Crippen LogP contribution in [0.4, 0.5) is 0 Å². The van der Waals surface area contributed by atoms with E-state index in [0.29, 0.717) is 32.1 Å². The number of aromatic nitrogens is 1. The fourth-order valence-electron chi connectivity index (χ4n) is 3.26. The maximum atomic E-state index is 12.4. The maximum absolute atomic E-state index is 12.4. The average Bonchev–Trinajstić information content (AvgIpc) is 3.23. The minimum absolute atomic E-state index is 0.145. The highest BCUT2D eigenvalue weighted by Gasteiger charge is 2.22. The highest BCUT2D eigenvalue weighted by molar-refractivity contribution is 5.92. The Morgan fingerprint density at radius 2 is 2.07 bits per heavy atom. The van der Waals surface area contributed by atoms with Crippen LogP contribution in [0.25, 0.3) is 10.8 Å². The summed E-state index contributed by atoms with van der Waals surface area (Å²) in [5.41, 5.74) is 1.13. The standard InChI is InChI=1S/C21H22N2O5/c1-25-20(16-7-6-14-4-2-3-5-15(14)10-16)19-11-18(23-28-19)21(24)22-12-17-13-26-8-9-27-17/h2-7,10-11,17,20H,8-9,12-13H2,1H3,(H,22,24). The molecule has 0 saturated carbocycles. The molecule has 1 fully saturated rings. The second kappa shape index (κ2) is 8.52. The van der Waals surface area contributed by atoms with Gasteiger partial charge < -0.3 is 24.1 Å². The summed E-state index contributed by atoms with van der Waals surface area (Å²) in [6, 6.07) is 15.8. The SMILES string of the molecule is COC(c1ccc2ccccc2c1)c1cc(C(=O)NCC2COCCO2)no1. The predicted octanol–water partition coefficient (Wildman–Crippen LogP) is 2.71. The molecule has 7 heteroatoms. The number of methoxy groups -OCH3 is 1. The summed E-state index contributed by atoms with van der Waals surface area (Å²) < 4.78 is 21.9. The molecule has 1 N–H and O–H groups in total. The van der Waals surface area contributed by atoms with Crippen LogP contribution in [0.1, 0.15) is 27.9 Å². The number of nitrogens with zero attached hydrogens (tertiary/aromatic N) is 1. The van der Waals surface area contributed by atoms with E-state index in [1.165, 1.54) is 0 Å². The molecule has 0 bridgehead atoms. The molecule has 28 heavy (non-hydrogen) atoms. The van der Waals surface area contributed by atoms with Crippen LogP contribution in [0.5, 0.6) is 0 Å². The second-order valence-corrected chi connectivity index (χ2v) is 6.61. The topological polar surface area (TPSA) is 82.8 Å². The van der Waals surface area contributed by atoms with E-state index in [1.54, 1.807) is 13.2 Å². The molecule has 1 aliphatic rings. The number of ether oxygens (including phenoxy) is 3. The van der Waals surface area contributed by atoms with Crippen LogP contribution in [-0.2, 0) is 14.2 Å². The fraction of sp³-hybridized carbons (Fsp3) is 0.333. The molecule has 1 aromatic heterocycles. The third-order valence-corrected chi connectivity index (χ3v) is 4.71. The summed E-state index contributed by atoms with van der Waals surface area (Å²) in [6.45, 7) is 1.96. The zero-order chi connectivity index (χ0) is 19.3. The number of rotatable bonds is 6. The Balaban J connectivity index is 1.47. The molecule has 2 aromatic carbocycles. The van der Waals surface area contributed by atoms with Gasteiger partial charge in [0.05, 0.1) is 25.9 Å². The van der Waals surface area contributed by atoms with Gasteiger partial charge in [-0.25, -0.2) is 0 Å². The number of benzene rings is 2. The molecule has 4 rings (SSSR count). The van der Waals surface area contributed by atoms with Gasteiger partial charge in [0.1, 0.15) is 6.10 Å². The quantitative estimate of drug-likeness (QED) is 0.706. The lowest BCUT2D eigenvalue weighted by atomic mass is 10.0. The summed E-state index contributed by atoms with van der Waals surface area (Å²) in [6.07, 6.45) is -0.595. The van der Waals surface area contributed by atoms with Crippen LogP contribution in [-0.4, -0.2) is 50.6 Å². The van der Waals surface area contributed by atoms with E-state index < -0.39 is 6.10 Å². The average molecular weight is 382 g/mol. The molecule has 0 radical (unpaired) electrons. The first-order valence-corrected chi connectivity index (χ1v) is 9.20. The molecule has 2 atom stereocenters. The van der Waals surface area contributed by atoms with Crippen molar-refractivity contribution < 1.29 is 23.5 Å². The highest BCUT2D eigenvalue weighted by Crippen LogP contribution is 2.28. The van der Waals surface area contributed by atoms with Crippen LogP contribution >= 0.6 is 0 Å².